The van der Waals surface area contributed by atoms with Gasteiger partial charge in [0.25, 0.3) is 0 Å². The van der Waals surface area contributed by atoms with Gasteiger partial charge >= 0.3 is 0 Å². The Bertz CT molecular complexity index is 6430. The fourth-order valence-electron chi connectivity index (χ4n) is 16.9. The van der Waals surface area contributed by atoms with Gasteiger partial charge in [0.2, 0.25) is 0 Å². The van der Waals surface area contributed by atoms with Gasteiger partial charge in [-0.15, -0.1) is 0 Å². The van der Waals surface area contributed by atoms with Gasteiger partial charge in [0, 0.05) is 100 Å². The second-order valence-corrected chi connectivity index (χ2v) is 26.0. The number of para-hydroxylation sites is 4. The third-order valence-electron chi connectivity index (χ3n) is 21.0. The summed E-state index contributed by atoms with van der Waals surface area (Å²) in [6.07, 6.45) is 15.5. The molecule has 0 aliphatic carbocycles. The lowest BCUT2D eigenvalue weighted by Crippen LogP contribution is -2.01. The number of nitrogens with zero attached hydrogens (tertiary/aromatic N) is 8. The molecule has 8 aromatic heterocycles. The third-order valence-corrected chi connectivity index (χ3v) is 21.0. The van der Waals surface area contributed by atoms with Gasteiger partial charge < -0.3 is 18.3 Å². The van der Waals surface area contributed by atoms with E-state index < -0.39 is 0 Å². The summed E-state index contributed by atoms with van der Waals surface area (Å²) in [5, 5.41) is 24.2. The Balaban J connectivity index is 0.000000133. The number of pyridine rings is 4. The van der Waals surface area contributed by atoms with Crippen LogP contribution in [0.25, 0.3) is 197 Å². The van der Waals surface area contributed by atoms with E-state index in [1.54, 1.807) is 0 Å². The van der Waals surface area contributed by atoms with E-state index in [2.05, 4.69) is 329 Å². The first-order chi connectivity index (χ1) is 49.7. The molecule has 8 heterocycles. The number of hydrogen-bond acceptors (Lipinski definition) is 4. The predicted molar refractivity (Wildman–Crippen MR) is 417 cm³/mol. The quantitative estimate of drug-likeness (QED) is 0.156. The first kappa shape index (κ1) is 55.7. The largest absolute Gasteiger partial charge is 0.307 e. The first-order valence-corrected chi connectivity index (χ1v) is 34.0. The Hall–Kier alpha value is -13.6. The molecule has 0 radical (unpaired) electrons. The van der Waals surface area contributed by atoms with Crippen molar-refractivity contribution >= 4 is 152 Å². The Kier molecular flexibility index (Phi) is 12.2. The van der Waals surface area contributed by atoms with Crippen LogP contribution in [0.3, 0.4) is 0 Å². The Morgan fingerprint density at radius 2 is 0.380 bits per heavy atom. The van der Waals surface area contributed by atoms with Gasteiger partial charge in [0.05, 0.1) is 91.7 Å². The van der Waals surface area contributed by atoms with Crippen LogP contribution in [0.4, 0.5) is 0 Å². The van der Waals surface area contributed by atoms with Crippen LogP contribution in [-0.4, -0.2) is 38.2 Å². The van der Waals surface area contributed by atoms with Crippen molar-refractivity contribution < 1.29 is 0 Å². The molecule has 14 aromatic carbocycles. The van der Waals surface area contributed by atoms with Crippen molar-refractivity contribution in [3.63, 3.8) is 0 Å². The molecule has 0 N–H and O–H groups in total. The van der Waals surface area contributed by atoms with Crippen molar-refractivity contribution in [1.82, 2.24) is 38.2 Å². The number of hydrogen-bond donors (Lipinski definition) is 0. The summed E-state index contributed by atoms with van der Waals surface area (Å²) in [7, 11) is 0. The average Bonchev–Trinajstić information content (AvgIpc) is 0.978. The van der Waals surface area contributed by atoms with E-state index in [-0.39, 0.29) is 0 Å². The Morgan fingerprint density at radius 3 is 0.680 bits per heavy atom. The number of rotatable bonds is 6. The highest BCUT2D eigenvalue weighted by molar-refractivity contribution is 6.29. The zero-order chi connectivity index (χ0) is 65.5. The van der Waals surface area contributed by atoms with Crippen molar-refractivity contribution in [2.45, 2.75) is 0 Å². The Labute approximate surface area is 572 Å². The molecular weight excluding hydrogens is 1220 g/mol. The topological polar surface area (TPSA) is 71.3 Å². The van der Waals surface area contributed by atoms with E-state index in [1.165, 1.54) is 163 Å². The van der Waals surface area contributed by atoms with Crippen molar-refractivity contribution in [3.8, 4) is 45.0 Å². The van der Waals surface area contributed by atoms with Crippen molar-refractivity contribution in [3.05, 3.63) is 341 Å². The first-order valence-electron chi connectivity index (χ1n) is 34.0. The maximum Gasteiger partial charge on any atom is 0.0724 e. The van der Waals surface area contributed by atoms with E-state index in [0.29, 0.717) is 0 Å². The SMILES string of the molecule is c1ccc2c(-n3c4ccccc4c4ccncc43)c3ccccc3c(-c3c4ccccc4c(-n4c5ccccc5c5ccncc54)c4ccccc34)c2c1.c1ccc2c(-n3c4ccccc4c4ccncc43)ccc(-c3ccc(-n4c5ccccc5c5ccncc54)c4ccccc34)c2c1. The van der Waals surface area contributed by atoms with Crippen LogP contribution in [0.5, 0.6) is 0 Å². The minimum absolute atomic E-state index is 1.10. The molecule has 0 spiro atoms. The van der Waals surface area contributed by atoms with Crippen LogP contribution in [0.2, 0.25) is 0 Å². The standard InChI is InChI=1S/C50H30N4.C42H26N4/c1-5-19-39-35(15-1)47(36-16-2-6-20-40(36)49(39)53-43-23-11-9-13-31(43)33-25-27-51-29-45(33)53)48-37-17-3-7-21-41(37)50(42-22-8-4-18-38(42)48)54-44-24-12-10-14-32(44)34-26-28-52-30-46(34)54;1-3-11-31-27(9-1)29(17-19-39(31)45-37-15-7-5-13-33(37)35-21-23-43-25-41(35)45)30-18-20-40(32-12-4-2-10-28(30)32)46-38-16-8-6-14-34(38)36-22-24-44-26-42(36)46/h1-30H;1-26H. The molecular formula is C92H56N8. The van der Waals surface area contributed by atoms with Crippen LogP contribution >= 0.6 is 0 Å². The van der Waals surface area contributed by atoms with Gasteiger partial charge in [-0.3, -0.25) is 19.9 Å². The van der Waals surface area contributed by atoms with Crippen molar-refractivity contribution in [2.75, 3.05) is 0 Å². The van der Waals surface area contributed by atoms with Crippen LogP contribution in [0.1, 0.15) is 0 Å². The summed E-state index contributed by atoms with van der Waals surface area (Å²) in [6.45, 7) is 0. The highest BCUT2D eigenvalue weighted by atomic mass is 15.0. The molecule has 100 heavy (non-hydrogen) atoms. The molecule has 0 saturated heterocycles. The number of fused-ring (bicyclic) bond motifs is 18. The van der Waals surface area contributed by atoms with Gasteiger partial charge in [-0.25, -0.2) is 0 Å². The van der Waals surface area contributed by atoms with Gasteiger partial charge in [-0.2, -0.15) is 0 Å². The molecule has 0 aliphatic heterocycles. The minimum atomic E-state index is 1.10. The van der Waals surface area contributed by atoms with Gasteiger partial charge in [0.1, 0.15) is 0 Å². The maximum atomic E-state index is 4.63. The van der Waals surface area contributed by atoms with E-state index in [4.69, 9.17) is 0 Å². The molecule has 0 aliphatic rings. The zero-order valence-corrected chi connectivity index (χ0v) is 53.9. The van der Waals surface area contributed by atoms with Crippen LogP contribution in [0, 0.1) is 0 Å². The second-order valence-electron chi connectivity index (χ2n) is 26.0. The second kappa shape index (κ2) is 22.0. The van der Waals surface area contributed by atoms with E-state index in [0.717, 1.165) is 33.4 Å². The third kappa shape index (κ3) is 8.04. The van der Waals surface area contributed by atoms with Crippen molar-refractivity contribution in [1.29, 1.82) is 0 Å². The van der Waals surface area contributed by atoms with Crippen LogP contribution in [0.15, 0.2) is 341 Å². The van der Waals surface area contributed by atoms with Crippen LogP contribution < -0.4 is 0 Å². The normalized spacial score (nSPS) is 12.0. The summed E-state index contributed by atoms with van der Waals surface area (Å²) in [5.41, 5.74) is 18.7. The smallest absolute Gasteiger partial charge is 0.0724 e. The summed E-state index contributed by atoms with van der Waals surface area (Å²) < 4.78 is 9.59. The monoisotopic (exact) mass is 1270 g/mol. The molecule has 0 fully saturated rings. The fourth-order valence-corrected chi connectivity index (χ4v) is 16.9. The van der Waals surface area contributed by atoms with E-state index >= 15 is 0 Å². The molecule has 464 valence electrons. The van der Waals surface area contributed by atoms with E-state index in [9.17, 15) is 0 Å². The maximum absolute atomic E-state index is 4.63. The summed E-state index contributed by atoms with van der Waals surface area (Å²) in [4.78, 5) is 18.3. The summed E-state index contributed by atoms with van der Waals surface area (Å²) in [6, 6.07) is 106. The Morgan fingerprint density at radius 1 is 0.160 bits per heavy atom. The van der Waals surface area contributed by atoms with E-state index in [1.807, 2.05) is 49.6 Å². The summed E-state index contributed by atoms with van der Waals surface area (Å²) in [5.74, 6) is 0. The molecule has 8 heteroatoms. The van der Waals surface area contributed by atoms with Gasteiger partial charge in [-0.1, -0.05) is 231 Å². The lowest BCUT2D eigenvalue weighted by Gasteiger charge is -2.23. The van der Waals surface area contributed by atoms with Gasteiger partial charge in [0.15, 0.2) is 0 Å². The molecule has 22 rings (SSSR count). The van der Waals surface area contributed by atoms with Crippen LogP contribution in [-0.2, 0) is 0 Å². The minimum Gasteiger partial charge on any atom is -0.307 e. The molecule has 0 unspecified atom stereocenters. The highest BCUT2D eigenvalue weighted by Crippen LogP contribution is 2.51. The fraction of sp³-hybridized carbons (Fsp3) is 0. The van der Waals surface area contributed by atoms with Crippen molar-refractivity contribution in [2.24, 2.45) is 0 Å². The molecule has 0 amide bonds. The summed E-state index contributed by atoms with van der Waals surface area (Å²) >= 11 is 0. The van der Waals surface area contributed by atoms with Gasteiger partial charge in [-0.05, 0) is 115 Å². The highest BCUT2D eigenvalue weighted by Gasteiger charge is 2.27. The number of benzene rings is 14. The number of aromatic nitrogens is 8. The zero-order valence-electron chi connectivity index (χ0n) is 53.9. The molecule has 0 saturated carbocycles. The lowest BCUT2D eigenvalue weighted by atomic mass is 9.84. The molecule has 0 atom stereocenters. The molecule has 22 aromatic rings. The molecule has 8 nitrogen and oxygen atoms in total. The lowest BCUT2D eigenvalue weighted by molar-refractivity contribution is 1.18. The molecule has 0 bridgehead atoms. The predicted octanol–water partition coefficient (Wildman–Crippen LogP) is 23.6. The average molecular weight is 1270 g/mol.